The molecule has 3 rings (SSSR count). The average molecular weight is 219 g/mol. The van der Waals surface area contributed by atoms with Crippen molar-refractivity contribution in [2.75, 3.05) is 13.6 Å². The highest BCUT2D eigenvalue weighted by Crippen LogP contribution is 2.40. The zero-order valence-electron chi connectivity index (χ0n) is 10.1. The summed E-state index contributed by atoms with van der Waals surface area (Å²) < 4.78 is 2.52. The summed E-state index contributed by atoms with van der Waals surface area (Å²) in [5.74, 6) is 3.02. The molecule has 1 unspecified atom stereocenters. The maximum atomic E-state index is 4.62. The predicted molar refractivity (Wildman–Crippen MR) is 64.6 cm³/mol. The number of hydrogen-bond donors (Lipinski definition) is 1. The van der Waals surface area contributed by atoms with Crippen LogP contribution in [0.4, 0.5) is 0 Å². The van der Waals surface area contributed by atoms with Crippen LogP contribution in [0.25, 0.3) is 0 Å². The fraction of sp³-hybridized carbons (Fsp3) is 0.769. The molecule has 0 aromatic carbocycles. The average Bonchev–Trinajstić information content (AvgIpc) is 3.07. The van der Waals surface area contributed by atoms with Gasteiger partial charge in [-0.2, -0.15) is 0 Å². The van der Waals surface area contributed by atoms with Gasteiger partial charge in [0.2, 0.25) is 0 Å². The zero-order valence-corrected chi connectivity index (χ0v) is 10.1. The second-order valence-corrected chi connectivity index (χ2v) is 5.29. The van der Waals surface area contributed by atoms with Crippen molar-refractivity contribution >= 4 is 0 Å². The summed E-state index contributed by atoms with van der Waals surface area (Å²) in [7, 11) is 2.04. The molecule has 0 spiro atoms. The largest absolute Gasteiger partial charge is 0.332 e. The molecule has 2 heterocycles. The van der Waals surface area contributed by atoms with Gasteiger partial charge in [-0.1, -0.05) is 0 Å². The molecule has 88 valence electrons. The Kier molecular flexibility index (Phi) is 2.72. The van der Waals surface area contributed by atoms with Crippen molar-refractivity contribution in [3.05, 3.63) is 17.7 Å². The molecule has 16 heavy (non-hydrogen) atoms. The molecule has 1 aromatic rings. The molecule has 3 nitrogen and oxygen atoms in total. The molecule has 1 N–H and O–H groups in total. The lowest BCUT2D eigenvalue weighted by Gasteiger charge is -2.25. The van der Waals surface area contributed by atoms with E-state index in [1.54, 1.807) is 0 Å². The summed E-state index contributed by atoms with van der Waals surface area (Å²) in [6.45, 7) is 2.36. The Morgan fingerprint density at radius 3 is 3.06 bits per heavy atom. The summed E-state index contributed by atoms with van der Waals surface area (Å²) in [4.78, 5) is 4.62. The smallest absolute Gasteiger partial charge is 0.111 e. The van der Waals surface area contributed by atoms with Crippen LogP contribution in [0.3, 0.4) is 0 Å². The number of aryl methyl sites for hydroxylation is 1. The number of fused-ring (bicyclic) bond motifs is 1. The van der Waals surface area contributed by atoms with E-state index >= 15 is 0 Å². The van der Waals surface area contributed by atoms with Gasteiger partial charge in [-0.25, -0.2) is 4.98 Å². The molecular weight excluding hydrogens is 198 g/mol. The highest BCUT2D eigenvalue weighted by molar-refractivity contribution is 5.15. The molecule has 0 saturated heterocycles. The lowest BCUT2D eigenvalue weighted by atomic mass is 9.95. The van der Waals surface area contributed by atoms with E-state index < -0.39 is 0 Å². The SMILES string of the molecule is CNCCC1CCc2cnc(C3CC3)n2C1. The first-order valence-electron chi connectivity index (χ1n) is 6.57. The van der Waals surface area contributed by atoms with E-state index in [0.717, 1.165) is 18.4 Å². The van der Waals surface area contributed by atoms with E-state index in [-0.39, 0.29) is 0 Å². The van der Waals surface area contributed by atoms with Crippen LogP contribution in [-0.2, 0) is 13.0 Å². The lowest BCUT2D eigenvalue weighted by Crippen LogP contribution is -2.24. The maximum Gasteiger partial charge on any atom is 0.111 e. The van der Waals surface area contributed by atoms with Crippen molar-refractivity contribution in [1.82, 2.24) is 14.9 Å². The van der Waals surface area contributed by atoms with Gasteiger partial charge in [-0.05, 0) is 51.6 Å². The zero-order chi connectivity index (χ0) is 11.0. The van der Waals surface area contributed by atoms with Crippen LogP contribution in [0.5, 0.6) is 0 Å². The van der Waals surface area contributed by atoms with Gasteiger partial charge in [0.05, 0.1) is 0 Å². The number of rotatable bonds is 4. The van der Waals surface area contributed by atoms with Crippen molar-refractivity contribution in [2.45, 2.75) is 44.6 Å². The Hall–Kier alpha value is -0.830. The number of nitrogens with zero attached hydrogens (tertiary/aromatic N) is 2. The quantitative estimate of drug-likeness (QED) is 0.838. The molecule has 1 atom stereocenters. The Labute approximate surface area is 97.3 Å². The topological polar surface area (TPSA) is 29.9 Å². The first kappa shape index (κ1) is 10.3. The van der Waals surface area contributed by atoms with E-state index in [9.17, 15) is 0 Å². The van der Waals surface area contributed by atoms with Crippen LogP contribution in [-0.4, -0.2) is 23.1 Å². The van der Waals surface area contributed by atoms with Gasteiger partial charge in [0, 0.05) is 24.4 Å². The third-order valence-electron chi connectivity index (χ3n) is 3.96. The van der Waals surface area contributed by atoms with E-state index in [4.69, 9.17) is 0 Å². The van der Waals surface area contributed by atoms with Crippen molar-refractivity contribution in [3.8, 4) is 0 Å². The molecule has 0 bridgehead atoms. The first-order valence-corrected chi connectivity index (χ1v) is 6.57. The normalized spacial score (nSPS) is 24.4. The molecule has 1 aromatic heterocycles. The van der Waals surface area contributed by atoms with Gasteiger partial charge in [0.25, 0.3) is 0 Å². The van der Waals surface area contributed by atoms with Crippen LogP contribution in [0, 0.1) is 5.92 Å². The fourth-order valence-electron chi connectivity index (χ4n) is 2.79. The minimum absolute atomic E-state index is 0.789. The van der Waals surface area contributed by atoms with Crippen LogP contribution >= 0.6 is 0 Å². The van der Waals surface area contributed by atoms with E-state index in [1.807, 2.05) is 7.05 Å². The summed E-state index contributed by atoms with van der Waals surface area (Å²) >= 11 is 0. The van der Waals surface area contributed by atoms with Crippen molar-refractivity contribution in [1.29, 1.82) is 0 Å². The van der Waals surface area contributed by atoms with Gasteiger partial charge in [-0.3, -0.25) is 0 Å². The maximum absolute atomic E-state index is 4.62. The van der Waals surface area contributed by atoms with Gasteiger partial charge in [-0.15, -0.1) is 0 Å². The summed E-state index contributed by atoms with van der Waals surface area (Å²) in [6.07, 6.45) is 8.71. The molecule has 1 aliphatic heterocycles. The number of imidazole rings is 1. The Morgan fingerprint density at radius 2 is 2.31 bits per heavy atom. The monoisotopic (exact) mass is 219 g/mol. The second-order valence-electron chi connectivity index (χ2n) is 5.29. The Morgan fingerprint density at radius 1 is 1.44 bits per heavy atom. The van der Waals surface area contributed by atoms with Gasteiger partial charge in [0.1, 0.15) is 5.82 Å². The standard InChI is InChI=1S/C13H21N3/c1-14-7-6-10-2-5-12-8-15-13(11-3-4-11)16(12)9-10/h8,10-11,14H,2-7,9H2,1H3. The molecule has 0 radical (unpaired) electrons. The first-order chi connectivity index (χ1) is 7.88. The predicted octanol–water partition coefficient (Wildman–Crippen LogP) is 1.93. The summed E-state index contributed by atoms with van der Waals surface area (Å²) in [6, 6.07) is 0. The minimum atomic E-state index is 0.789. The molecule has 1 aliphatic carbocycles. The fourth-order valence-corrected chi connectivity index (χ4v) is 2.79. The molecule has 1 saturated carbocycles. The highest BCUT2D eigenvalue weighted by atomic mass is 15.1. The van der Waals surface area contributed by atoms with E-state index in [0.29, 0.717) is 0 Å². The molecular formula is C13H21N3. The van der Waals surface area contributed by atoms with Crippen LogP contribution in [0.2, 0.25) is 0 Å². The molecule has 2 aliphatic rings. The second kappa shape index (κ2) is 4.21. The van der Waals surface area contributed by atoms with Crippen LogP contribution in [0.1, 0.15) is 43.1 Å². The van der Waals surface area contributed by atoms with Crippen molar-refractivity contribution < 1.29 is 0 Å². The molecule has 0 amide bonds. The number of nitrogens with one attached hydrogen (secondary N) is 1. The molecule has 1 fully saturated rings. The van der Waals surface area contributed by atoms with Gasteiger partial charge < -0.3 is 9.88 Å². The van der Waals surface area contributed by atoms with Crippen molar-refractivity contribution in [3.63, 3.8) is 0 Å². The van der Waals surface area contributed by atoms with Gasteiger partial charge in [0.15, 0.2) is 0 Å². The minimum Gasteiger partial charge on any atom is -0.332 e. The van der Waals surface area contributed by atoms with Crippen LogP contribution in [0.15, 0.2) is 6.20 Å². The highest BCUT2D eigenvalue weighted by Gasteiger charge is 2.31. The van der Waals surface area contributed by atoms with Crippen LogP contribution < -0.4 is 5.32 Å². The van der Waals surface area contributed by atoms with Gasteiger partial charge >= 0.3 is 0 Å². The number of hydrogen-bond acceptors (Lipinski definition) is 2. The number of aromatic nitrogens is 2. The third-order valence-corrected chi connectivity index (χ3v) is 3.96. The summed E-state index contributed by atoms with van der Waals surface area (Å²) in [5, 5.41) is 3.26. The van der Waals surface area contributed by atoms with E-state index in [2.05, 4.69) is 21.1 Å². The summed E-state index contributed by atoms with van der Waals surface area (Å²) in [5.41, 5.74) is 1.47. The Balaban J connectivity index is 1.73. The Bertz CT molecular complexity index is 365. The third kappa shape index (κ3) is 1.88. The van der Waals surface area contributed by atoms with E-state index in [1.165, 1.54) is 50.2 Å². The lowest BCUT2D eigenvalue weighted by molar-refractivity contribution is 0.340. The van der Waals surface area contributed by atoms with Crippen molar-refractivity contribution in [2.24, 2.45) is 5.92 Å². The molecule has 3 heteroatoms.